The lowest BCUT2D eigenvalue weighted by Crippen LogP contribution is -2.32. The van der Waals surface area contributed by atoms with Gasteiger partial charge in [0.1, 0.15) is 0 Å². The van der Waals surface area contributed by atoms with Gasteiger partial charge in [-0.15, -0.1) is 0 Å². The molecule has 0 spiro atoms. The second-order valence-electron chi connectivity index (χ2n) is 8.14. The van der Waals surface area contributed by atoms with Gasteiger partial charge in [0, 0.05) is 50.9 Å². The summed E-state index contributed by atoms with van der Waals surface area (Å²) in [5.74, 6) is -0.129. The summed E-state index contributed by atoms with van der Waals surface area (Å²) in [6, 6.07) is 21.9. The van der Waals surface area contributed by atoms with Gasteiger partial charge in [0.05, 0.1) is 0 Å². The van der Waals surface area contributed by atoms with Crippen molar-refractivity contribution in [2.45, 2.75) is 25.8 Å². The quantitative estimate of drug-likeness (QED) is 0.629. The monoisotopic (exact) mass is 415 g/mol. The largest absolute Gasteiger partial charge is 0.371 e. The van der Waals surface area contributed by atoms with Crippen molar-refractivity contribution in [3.63, 3.8) is 0 Å². The van der Waals surface area contributed by atoms with Crippen molar-refractivity contribution in [2.24, 2.45) is 0 Å². The van der Waals surface area contributed by atoms with E-state index in [1.165, 1.54) is 24.1 Å². The number of anilines is 1. The van der Waals surface area contributed by atoms with Crippen molar-refractivity contribution in [1.82, 2.24) is 10.2 Å². The molecule has 4 rings (SSSR count). The van der Waals surface area contributed by atoms with E-state index in [1.54, 1.807) is 4.90 Å². The number of benzene rings is 3. The maximum absolute atomic E-state index is 12.6. The number of hydrogen-bond acceptors (Lipinski definition) is 3. The van der Waals surface area contributed by atoms with Gasteiger partial charge < -0.3 is 15.1 Å². The van der Waals surface area contributed by atoms with Crippen LogP contribution in [0.1, 0.15) is 35.2 Å². The number of fused-ring (bicyclic) bond motifs is 1. The van der Waals surface area contributed by atoms with Crippen LogP contribution >= 0.6 is 0 Å². The highest BCUT2D eigenvalue weighted by atomic mass is 16.2. The first-order valence-electron chi connectivity index (χ1n) is 11.0. The molecule has 2 amide bonds. The van der Waals surface area contributed by atoms with Crippen LogP contribution in [-0.2, 0) is 11.3 Å². The van der Waals surface area contributed by atoms with Crippen LogP contribution in [0.5, 0.6) is 0 Å². The molecule has 0 unspecified atom stereocenters. The molecule has 31 heavy (non-hydrogen) atoms. The van der Waals surface area contributed by atoms with Crippen molar-refractivity contribution in [3.05, 3.63) is 77.9 Å². The first-order valence-corrected chi connectivity index (χ1v) is 11.0. The van der Waals surface area contributed by atoms with Crippen LogP contribution in [0.25, 0.3) is 10.8 Å². The van der Waals surface area contributed by atoms with E-state index in [4.69, 9.17) is 0 Å². The number of hydrogen-bond donors (Lipinski definition) is 1. The molecule has 3 aromatic rings. The van der Waals surface area contributed by atoms with Crippen molar-refractivity contribution in [3.8, 4) is 0 Å². The van der Waals surface area contributed by atoms with Gasteiger partial charge in [0.25, 0.3) is 5.91 Å². The summed E-state index contributed by atoms with van der Waals surface area (Å²) in [6.45, 7) is 3.05. The summed E-state index contributed by atoms with van der Waals surface area (Å²) in [6.07, 6.45) is 2.72. The fourth-order valence-corrected chi connectivity index (χ4v) is 4.16. The van der Waals surface area contributed by atoms with E-state index in [0.717, 1.165) is 23.9 Å². The third-order valence-corrected chi connectivity index (χ3v) is 5.91. The predicted octanol–water partition coefficient (Wildman–Crippen LogP) is 4.22. The fourth-order valence-electron chi connectivity index (χ4n) is 4.16. The number of nitrogens with zero attached hydrogens (tertiary/aromatic N) is 2. The number of nitrogens with one attached hydrogen (secondary N) is 1. The molecule has 0 atom stereocenters. The lowest BCUT2D eigenvalue weighted by atomic mass is 10.1. The molecule has 0 bridgehead atoms. The van der Waals surface area contributed by atoms with Gasteiger partial charge in [-0.3, -0.25) is 9.59 Å². The Morgan fingerprint density at radius 2 is 1.65 bits per heavy atom. The number of rotatable bonds is 7. The normalized spacial score (nSPS) is 13.4. The van der Waals surface area contributed by atoms with E-state index >= 15 is 0 Å². The van der Waals surface area contributed by atoms with E-state index in [9.17, 15) is 9.59 Å². The van der Waals surface area contributed by atoms with Gasteiger partial charge in [-0.1, -0.05) is 48.5 Å². The fraction of sp³-hybridized carbons (Fsp3) is 0.308. The average molecular weight is 416 g/mol. The van der Waals surface area contributed by atoms with Crippen molar-refractivity contribution < 1.29 is 9.59 Å². The van der Waals surface area contributed by atoms with Gasteiger partial charge in [-0.2, -0.15) is 0 Å². The Kier molecular flexibility index (Phi) is 6.51. The van der Waals surface area contributed by atoms with Gasteiger partial charge in [-0.25, -0.2) is 0 Å². The number of para-hydroxylation sites is 1. The minimum absolute atomic E-state index is 0.0232. The summed E-state index contributed by atoms with van der Waals surface area (Å²) in [4.78, 5) is 29.3. The minimum atomic E-state index is -0.152. The molecule has 1 fully saturated rings. The zero-order valence-electron chi connectivity index (χ0n) is 18.0. The highest BCUT2D eigenvalue weighted by Crippen LogP contribution is 2.25. The summed E-state index contributed by atoms with van der Waals surface area (Å²) in [5.41, 5.74) is 3.00. The molecule has 160 valence electrons. The Bertz CT molecular complexity index is 1070. The van der Waals surface area contributed by atoms with Crippen molar-refractivity contribution in [2.75, 3.05) is 31.6 Å². The summed E-state index contributed by atoms with van der Waals surface area (Å²) in [5, 5.41) is 5.01. The van der Waals surface area contributed by atoms with Crippen LogP contribution in [0.15, 0.2) is 66.7 Å². The van der Waals surface area contributed by atoms with Crippen LogP contribution in [0.4, 0.5) is 5.69 Å². The Morgan fingerprint density at radius 3 is 2.45 bits per heavy atom. The molecule has 1 saturated heterocycles. The van der Waals surface area contributed by atoms with E-state index in [2.05, 4.69) is 28.4 Å². The van der Waals surface area contributed by atoms with Crippen LogP contribution in [0.3, 0.4) is 0 Å². The molecule has 0 radical (unpaired) electrons. The van der Waals surface area contributed by atoms with Gasteiger partial charge >= 0.3 is 0 Å². The third kappa shape index (κ3) is 5.05. The van der Waals surface area contributed by atoms with Crippen LogP contribution in [0, 0.1) is 0 Å². The van der Waals surface area contributed by atoms with Crippen LogP contribution in [-0.4, -0.2) is 43.4 Å². The summed E-state index contributed by atoms with van der Waals surface area (Å²) >= 11 is 0. The second kappa shape index (κ2) is 9.65. The molecule has 1 aliphatic heterocycles. The molecular formula is C26H29N3O2. The number of amides is 2. The molecule has 5 heteroatoms. The molecule has 1 N–H and O–H groups in total. The maximum atomic E-state index is 12.6. The van der Waals surface area contributed by atoms with Crippen molar-refractivity contribution >= 4 is 28.3 Å². The topological polar surface area (TPSA) is 52.6 Å². The van der Waals surface area contributed by atoms with Gasteiger partial charge in [-0.05, 0) is 47.4 Å². The molecule has 5 nitrogen and oxygen atoms in total. The minimum Gasteiger partial charge on any atom is -0.371 e. The molecule has 1 aliphatic rings. The average Bonchev–Trinajstić information content (AvgIpc) is 3.33. The molecular weight excluding hydrogens is 386 g/mol. The first-order chi connectivity index (χ1) is 15.1. The lowest BCUT2D eigenvalue weighted by molar-refractivity contribution is -0.130. The number of carbonyl (C=O) groups excluding carboxylic acids is 2. The number of carbonyl (C=O) groups is 2. The Morgan fingerprint density at radius 1 is 0.935 bits per heavy atom. The molecule has 1 heterocycles. The highest BCUT2D eigenvalue weighted by molar-refractivity contribution is 5.98. The van der Waals surface area contributed by atoms with E-state index in [1.807, 2.05) is 55.6 Å². The summed E-state index contributed by atoms with van der Waals surface area (Å²) in [7, 11) is 1.83. The van der Waals surface area contributed by atoms with Gasteiger partial charge in [0.2, 0.25) is 5.91 Å². The molecule has 0 aromatic heterocycles. The Labute approximate surface area is 183 Å². The standard InChI is InChI=1S/C26H29N3O2/c1-28(19-23-10-4-5-11-24(23)29-16-6-7-17-29)25(30)14-15-27-26(31)22-13-12-20-8-2-3-9-21(20)18-22/h2-5,8-13,18H,6-7,14-17,19H2,1H3,(H,27,31). The first kappa shape index (κ1) is 20.9. The van der Waals surface area contributed by atoms with Crippen LogP contribution in [0.2, 0.25) is 0 Å². The Hall–Kier alpha value is -3.34. The maximum Gasteiger partial charge on any atom is 0.251 e. The predicted molar refractivity (Wildman–Crippen MR) is 125 cm³/mol. The highest BCUT2D eigenvalue weighted by Gasteiger charge is 2.17. The lowest BCUT2D eigenvalue weighted by Gasteiger charge is -2.24. The van der Waals surface area contributed by atoms with Gasteiger partial charge in [0.15, 0.2) is 0 Å². The van der Waals surface area contributed by atoms with E-state index in [-0.39, 0.29) is 18.2 Å². The van der Waals surface area contributed by atoms with E-state index < -0.39 is 0 Å². The van der Waals surface area contributed by atoms with Crippen molar-refractivity contribution in [1.29, 1.82) is 0 Å². The second-order valence-corrected chi connectivity index (χ2v) is 8.14. The molecule has 0 aliphatic carbocycles. The zero-order chi connectivity index (χ0) is 21.6. The Balaban J connectivity index is 1.30. The van der Waals surface area contributed by atoms with E-state index in [0.29, 0.717) is 18.7 Å². The van der Waals surface area contributed by atoms with Crippen LogP contribution < -0.4 is 10.2 Å². The molecule has 3 aromatic carbocycles. The molecule has 0 saturated carbocycles. The smallest absolute Gasteiger partial charge is 0.251 e. The zero-order valence-corrected chi connectivity index (χ0v) is 18.0. The SMILES string of the molecule is CN(Cc1ccccc1N1CCCC1)C(=O)CCNC(=O)c1ccc2ccccc2c1. The third-order valence-electron chi connectivity index (χ3n) is 5.91. The summed E-state index contributed by atoms with van der Waals surface area (Å²) < 4.78 is 0.